The summed E-state index contributed by atoms with van der Waals surface area (Å²) in [5.74, 6) is -2.56. The number of unbranched alkanes of at least 4 members (excludes halogenated alkanes) is 11. The van der Waals surface area contributed by atoms with Gasteiger partial charge in [-0.2, -0.15) is 0 Å². The molecule has 0 fully saturated rings. The van der Waals surface area contributed by atoms with E-state index in [4.69, 9.17) is 5.11 Å². The maximum atomic E-state index is 10.3. The molecule has 0 saturated heterocycles. The second-order valence-corrected chi connectivity index (χ2v) is 7.16. The monoisotopic (exact) mass is 472 g/mol. The van der Waals surface area contributed by atoms with Gasteiger partial charge in [0.2, 0.25) is 0 Å². The van der Waals surface area contributed by atoms with Crippen molar-refractivity contribution in [2.24, 2.45) is 0 Å². The van der Waals surface area contributed by atoms with Gasteiger partial charge in [0.05, 0.1) is 30.1 Å². The average molecular weight is 474 g/mol. The summed E-state index contributed by atoms with van der Waals surface area (Å²) in [7, 11) is 0. The maximum Gasteiger partial charge on any atom is 2.00 e. The van der Waals surface area contributed by atoms with Gasteiger partial charge in [-0.25, -0.2) is 4.98 Å². The number of nitrogens with zero attached hydrogens (tertiary/aromatic N) is 1. The van der Waals surface area contributed by atoms with Crippen LogP contribution in [0, 0.1) is 0 Å². The second-order valence-electron chi connectivity index (χ2n) is 7.16. The van der Waals surface area contributed by atoms with Crippen LogP contribution in [0.15, 0.2) is 18.6 Å². The molecule has 0 saturated carbocycles. The molecule has 0 aliphatic heterocycles. The minimum absolute atomic E-state index is 0. The zero-order valence-corrected chi connectivity index (χ0v) is 21.3. The Hall–Kier alpha value is -1.53. The predicted molar refractivity (Wildman–Crippen MR) is 109 cm³/mol. The first kappa shape index (κ1) is 30.7. The van der Waals surface area contributed by atoms with Crippen molar-refractivity contribution in [1.82, 2.24) is 9.97 Å². The second kappa shape index (κ2) is 22.2. The van der Waals surface area contributed by atoms with E-state index in [0.717, 1.165) is 25.3 Å². The van der Waals surface area contributed by atoms with Crippen LogP contribution in [0.3, 0.4) is 0 Å². The van der Waals surface area contributed by atoms with Crippen molar-refractivity contribution >= 4 is 18.0 Å². The zero-order valence-electron chi connectivity index (χ0n) is 18.3. The molecule has 0 spiro atoms. The number of carboxylic acids is 2. The fourth-order valence-electron chi connectivity index (χ4n) is 2.81. The van der Waals surface area contributed by atoms with E-state index < -0.39 is 18.0 Å². The fraction of sp³-hybridized carbons (Fsp3) is 0.682. The standard InChI is InChI=1S/C16H32O3.C6H6N2O2.Zn/c1-2-3-4-5-6-7-8-9-10-11-12-13-14-15(17)16(18)19;9-6(10)2-1-5-3-7-4-8-5;/h15,17H,2-14H2,1H3,(H,18,19);1-4H,(H,7,8)(H,9,10);/q;;+2/p-2. The number of carbonyl (C=O) groups is 2. The first-order chi connectivity index (χ1) is 14.0. The molecule has 1 atom stereocenters. The third kappa shape index (κ3) is 21.2. The van der Waals surface area contributed by atoms with Crippen molar-refractivity contribution in [2.75, 3.05) is 0 Å². The number of nitrogens with one attached hydrogen (secondary N) is 1. The first-order valence-corrected chi connectivity index (χ1v) is 10.7. The molecule has 0 radical (unpaired) electrons. The Kier molecular flexibility index (Phi) is 22.7. The van der Waals surface area contributed by atoms with E-state index in [-0.39, 0.29) is 19.5 Å². The summed E-state index contributed by atoms with van der Waals surface area (Å²) in [6, 6.07) is 0. The van der Waals surface area contributed by atoms with Gasteiger partial charge in [-0.05, 0) is 18.6 Å². The molecule has 166 valence electrons. The van der Waals surface area contributed by atoms with Crippen molar-refractivity contribution in [3.8, 4) is 0 Å². The van der Waals surface area contributed by atoms with Gasteiger partial charge in [0, 0.05) is 6.20 Å². The van der Waals surface area contributed by atoms with E-state index in [1.165, 1.54) is 70.2 Å². The van der Waals surface area contributed by atoms with E-state index in [2.05, 4.69) is 16.9 Å². The minimum atomic E-state index is -1.34. The third-order valence-corrected chi connectivity index (χ3v) is 4.51. The van der Waals surface area contributed by atoms with E-state index >= 15 is 0 Å². The van der Waals surface area contributed by atoms with Crippen LogP contribution in [0.25, 0.3) is 6.08 Å². The van der Waals surface area contributed by atoms with Crippen molar-refractivity contribution in [2.45, 2.75) is 96.5 Å². The van der Waals surface area contributed by atoms with Crippen LogP contribution < -0.4 is 10.2 Å². The Balaban J connectivity index is 0. The molecule has 30 heavy (non-hydrogen) atoms. The summed E-state index contributed by atoms with van der Waals surface area (Å²) < 4.78 is 0. The number of aliphatic hydroxyl groups excluding tert-OH is 1. The van der Waals surface area contributed by atoms with Crippen molar-refractivity contribution in [1.29, 1.82) is 0 Å². The number of aliphatic hydroxyl groups is 1. The topological polar surface area (TPSA) is 129 Å². The molecule has 1 aromatic rings. The van der Waals surface area contributed by atoms with Gasteiger partial charge < -0.3 is 29.9 Å². The van der Waals surface area contributed by atoms with Gasteiger partial charge >= 0.3 is 19.5 Å². The third-order valence-electron chi connectivity index (χ3n) is 4.51. The number of carboxylic acid groups (broad SMARTS) is 2. The van der Waals surface area contributed by atoms with Crippen molar-refractivity contribution < 1.29 is 44.4 Å². The number of hydrogen-bond acceptors (Lipinski definition) is 6. The fourth-order valence-corrected chi connectivity index (χ4v) is 2.81. The molecule has 1 rings (SSSR count). The molecule has 1 heterocycles. The molecule has 1 unspecified atom stereocenters. The Morgan fingerprint density at radius 1 is 1.00 bits per heavy atom. The number of H-pyrrole nitrogens is 1. The van der Waals surface area contributed by atoms with Gasteiger partial charge in [-0.1, -0.05) is 84.0 Å². The number of imidazole rings is 1. The van der Waals surface area contributed by atoms with Crippen LogP contribution in [0.1, 0.15) is 96.1 Å². The van der Waals surface area contributed by atoms with Crippen molar-refractivity contribution in [3.63, 3.8) is 0 Å². The van der Waals surface area contributed by atoms with Gasteiger partial charge in [0.1, 0.15) is 0 Å². The molecule has 7 nitrogen and oxygen atoms in total. The van der Waals surface area contributed by atoms with Crippen LogP contribution in [0.4, 0.5) is 0 Å². The van der Waals surface area contributed by atoms with E-state index in [9.17, 15) is 19.8 Å². The quantitative estimate of drug-likeness (QED) is 0.215. The van der Waals surface area contributed by atoms with Gasteiger partial charge in [-0.3, -0.25) is 0 Å². The molecule has 1 aromatic heterocycles. The Morgan fingerprint density at radius 2 is 1.50 bits per heavy atom. The van der Waals surface area contributed by atoms with Crippen LogP contribution >= 0.6 is 0 Å². The Labute approximate surface area is 193 Å². The molecule has 8 heteroatoms. The minimum Gasteiger partial charge on any atom is -0.547 e. The normalized spacial score (nSPS) is 11.4. The summed E-state index contributed by atoms with van der Waals surface area (Å²) in [5, 5.41) is 29.2. The summed E-state index contributed by atoms with van der Waals surface area (Å²) >= 11 is 0. The van der Waals surface area contributed by atoms with Crippen LogP contribution in [0.2, 0.25) is 0 Å². The van der Waals surface area contributed by atoms with Crippen LogP contribution in [-0.4, -0.2) is 33.1 Å². The molecular weight excluding hydrogens is 438 g/mol. The number of aliphatic carboxylic acids is 2. The number of rotatable bonds is 16. The Morgan fingerprint density at radius 3 is 1.90 bits per heavy atom. The molecule has 0 aliphatic rings. The number of carbonyl (C=O) groups excluding carboxylic acids is 2. The van der Waals surface area contributed by atoms with Gasteiger partial charge in [-0.15, -0.1) is 0 Å². The van der Waals surface area contributed by atoms with E-state index in [1.807, 2.05) is 0 Å². The number of aromatic amines is 1. The number of aromatic nitrogens is 2. The van der Waals surface area contributed by atoms with Gasteiger partial charge in [0.15, 0.2) is 0 Å². The summed E-state index contributed by atoms with van der Waals surface area (Å²) in [4.78, 5) is 26.6. The van der Waals surface area contributed by atoms with Gasteiger partial charge in [0.25, 0.3) is 0 Å². The smallest absolute Gasteiger partial charge is 0.547 e. The molecule has 0 aromatic carbocycles. The summed E-state index contributed by atoms with van der Waals surface area (Å²) in [6.07, 6.45) is 19.4. The maximum absolute atomic E-state index is 10.3. The predicted octanol–water partition coefficient (Wildman–Crippen LogP) is 2.36. The molecule has 0 amide bonds. The van der Waals surface area contributed by atoms with Crippen LogP contribution in [0.5, 0.6) is 0 Å². The van der Waals surface area contributed by atoms with Crippen LogP contribution in [-0.2, 0) is 29.1 Å². The summed E-state index contributed by atoms with van der Waals surface area (Å²) in [6.45, 7) is 2.24. The van der Waals surface area contributed by atoms with E-state index in [0.29, 0.717) is 12.1 Å². The first-order valence-electron chi connectivity index (χ1n) is 10.7. The molecule has 0 aliphatic carbocycles. The largest absolute Gasteiger partial charge is 2.00 e. The molecule has 0 bridgehead atoms. The SMILES string of the molecule is CCCCCCCCCCCCCCC(O)C(=O)[O-].O=C([O-])C=Cc1c[nH]cn1.[Zn+2]. The van der Waals surface area contributed by atoms with E-state index in [1.54, 1.807) is 6.20 Å². The summed E-state index contributed by atoms with van der Waals surface area (Å²) in [5.41, 5.74) is 0.573. The molecular formula is C22H36N2O5Zn. The Bertz CT molecular complexity index is 550. The number of hydrogen-bond donors (Lipinski definition) is 2. The van der Waals surface area contributed by atoms with Crippen molar-refractivity contribution in [3.05, 3.63) is 24.3 Å². The average Bonchev–Trinajstić information content (AvgIpc) is 3.21. The molecule has 2 N–H and O–H groups in total. The zero-order chi connectivity index (χ0) is 21.7.